The molecule has 0 aliphatic heterocycles. The third-order valence-electron chi connectivity index (χ3n) is 2.54. The van der Waals surface area contributed by atoms with Crippen LogP contribution >= 0.6 is 0 Å². The molecule has 2 heterocycles. The van der Waals surface area contributed by atoms with Crippen LogP contribution in [0.4, 0.5) is 0 Å². The van der Waals surface area contributed by atoms with Gasteiger partial charge in [0.25, 0.3) is 0 Å². The molecule has 17 heavy (non-hydrogen) atoms. The number of pyridine rings is 1. The van der Waals surface area contributed by atoms with Crippen LogP contribution in [0.15, 0.2) is 36.8 Å². The van der Waals surface area contributed by atoms with Gasteiger partial charge < -0.3 is 0 Å². The highest BCUT2D eigenvalue weighted by Gasteiger charge is 2.07. The highest BCUT2D eigenvalue weighted by Crippen LogP contribution is 2.05. The van der Waals surface area contributed by atoms with Crippen LogP contribution < -0.4 is 0 Å². The van der Waals surface area contributed by atoms with Gasteiger partial charge >= 0.3 is 0 Å². The molecule has 2 rings (SSSR count). The molecule has 2 aromatic heterocycles. The van der Waals surface area contributed by atoms with Gasteiger partial charge in [0, 0.05) is 17.5 Å². The van der Waals surface area contributed by atoms with Crippen LogP contribution in [-0.4, -0.2) is 21.0 Å². The average Bonchev–Trinajstić information content (AvgIpc) is 2.40. The number of aromatic nitrogens is 3. The van der Waals surface area contributed by atoms with Crippen molar-refractivity contribution in [2.45, 2.75) is 19.8 Å². The van der Waals surface area contributed by atoms with Gasteiger partial charge in [0.1, 0.15) is 0 Å². The molecule has 0 unspecified atom stereocenters. The van der Waals surface area contributed by atoms with E-state index in [1.165, 1.54) is 18.0 Å². The molecule has 0 saturated carbocycles. The van der Waals surface area contributed by atoms with E-state index in [1.807, 2.05) is 18.3 Å². The van der Waals surface area contributed by atoms with E-state index in [0.717, 1.165) is 12.1 Å². The van der Waals surface area contributed by atoms with E-state index >= 15 is 0 Å². The predicted molar refractivity (Wildman–Crippen MR) is 63.7 cm³/mol. The third kappa shape index (κ3) is 2.93. The molecule has 0 spiro atoms. The molecule has 2 aromatic rings. The first-order valence-electron chi connectivity index (χ1n) is 5.53. The molecular weight excluding hydrogens is 214 g/mol. The fourth-order valence-electron chi connectivity index (χ4n) is 1.49. The molecule has 4 heteroatoms. The fraction of sp³-hybridized carbons (Fsp3) is 0.231. The summed E-state index contributed by atoms with van der Waals surface area (Å²) < 4.78 is 0. The highest BCUT2D eigenvalue weighted by molar-refractivity contribution is 5.96. The summed E-state index contributed by atoms with van der Waals surface area (Å²) in [7, 11) is 0. The van der Waals surface area contributed by atoms with Crippen molar-refractivity contribution in [3.8, 4) is 0 Å². The van der Waals surface area contributed by atoms with Crippen LogP contribution in [0, 0.1) is 0 Å². The molecule has 0 amide bonds. The lowest BCUT2D eigenvalue weighted by molar-refractivity contribution is 0.0991. The molecule has 86 valence electrons. The Morgan fingerprint density at radius 3 is 2.65 bits per heavy atom. The molecule has 0 bridgehead atoms. The summed E-state index contributed by atoms with van der Waals surface area (Å²) in [5.41, 5.74) is 2.53. The van der Waals surface area contributed by atoms with Crippen molar-refractivity contribution in [1.29, 1.82) is 0 Å². The van der Waals surface area contributed by atoms with Crippen molar-refractivity contribution in [2.75, 3.05) is 0 Å². The summed E-state index contributed by atoms with van der Waals surface area (Å²) in [4.78, 5) is 16.1. The van der Waals surface area contributed by atoms with E-state index in [4.69, 9.17) is 0 Å². The van der Waals surface area contributed by atoms with E-state index in [9.17, 15) is 4.79 Å². The highest BCUT2D eigenvalue weighted by atomic mass is 16.1. The number of ketones is 1. The number of hydrogen-bond acceptors (Lipinski definition) is 4. The first-order valence-corrected chi connectivity index (χ1v) is 5.53. The smallest absolute Gasteiger partial charge is 0.170 e. The van der Waals surface area contributed by atoms with Gasteiger partial charge in [-0.05, 0) is 24.1 Å². The number of carbonyl (C=O) groups excluding carboxylic acids is 1. The number of nitrogens with zero attached hydrogens (tertiary/aromatic N) is 3. The quantitative estimate of drug-likeness (QED) is 0.748. The monoisotopic (exact) mass is 227 g/mol. The Balaban J connectivity index is 2.08. The number of rotatable bonds is 4. The standard InChI is InChI=1S/C13H13N3O/c1-2-10-3-4-12(14-8-10)7-13(17)11-5-6-15-16-9-11/h3-6,8-9H,2,7H2,1H3. The second-order valence-electron chi connectivity index (χ2n) is 3.74. The maximum Gasteiger partial charge on any atom is 0.170 e. The number of aryl methyl sites for hydroxylation is 1. The summed E-state index contributed by atoms with van der Waals surface area (Å²) >= 11 is 0. The van der Waals surface area contributed by atoms with E-state index in [2.05, 4.69) is 22.1 Å². The van der Waals surface area contributed by atoms with Gasteiger partial charge in [0.05, 0.1) is 18.8 Å². The van der Waals surface area contributed by atoms with Gasteiger partial charge in [-0.25, -0.2) is 0 Å². The van der Waals surface area contributed by atoms with E-state index < -0.39 is 0 Å². The number of hydrogen-bond donors (Lipinski definition) is 0. The molecule has 0 aliphatic rings. The minimum Gasteiger partial charge on any atom is -0.294 e. The fourth-order valence-corrected chi connectivity index (χ4v) is 1.49. The Hall–Kier alpha value is -2.10. The number of carbonyl (C=O) groups is 1. The zero-order chi connectivity index (χ0) is 12.1. The van der Waals surface area contributed by atoms with Crippen LogP contribution in [0.25, 0.3) is 0 Å². The second-order valence-corrected chi connectivity index (χ2v) is 3.74. The summed E-state index contributed by atoms with van der Waals surface area (Å²) in [5, 5.41) is 7.32. The SMILES string of the molecule is CCc1ccc(CC(=O)c2ccnnc2)nc1. The van der Waals surface area contributed by atoms with Crippen molar-refractivity contribution in [1.82, 2.24) is 15.2 Å². The zero-order valence-electron chi connectivity index (χ0n) is 9.63. The molecule has 0 aliphatic carbocycles. The lowest BCUT2D eigenvalue weighted by atomic mass is 10.1. The minimum atomic E-state index is 0.0108. The molecule has 0 atom stereocenters. The number of Topliss-reactive ketones (excluding diaryl/α,β-unsaturated/α-hetero) is 1. The average molecular weight is 227 g/mol. The van der Waals surface area contributed by atoms with Crippen molar-refractivity contribution >= 4 is 5.78 Å². The van der Waals surface area contributed by atoms with Gasteiger partial charge in [0.15, 0.2) is 5.78 Å². The van der Waals surface area contributed by atoms with Crippen molar-refractivity contribution in [2.24, 2.45) is 0 Å². The van der Waals surface area contributed by atoms with Crippen molar-refractivity contribution in [3.63, 3.8) is 0 Å². The molecule has 0 saturated heterocycles. The van der Waals surface area contributed by atoms with Gasteiger partial charge in [-0.3, -0.25) is 9.78 Å². The van der Waals surface area contributed by atoms with Gasteiger partial charge in [0.2, 0.25) is 0 Å². The van der Waals surface area contributed by atoms with Crippen LogP contribution in [0.2, 0.25) is 0 Å². The Morgan fingerprint density at radius 2 is 2.06 bits per heavy atom. The molecule has 0 aromatic carbocycles. The van der Waals surface area contributed by atoms with Crippen LogP contribution in [0.5, 0.6) is 0 Å². The van der Waals surface area contributed by atoms with E-state index in [-0.39, 0.29) is 5.78 Å². The van der Waals surface area contributed by atoms with Gasteiger partial charge in [-0.15, -0.1) is 0 Å². The lowest BCUT2D eigenvalue weighted by Crippen LogP contribution is -2.05. The Bertz CT molecular complexity index is 494. The molecule has 0 fully saturated rings. The maximum atomic E-state index is 11.9. The topological polar surface area (TPSA) is 55.7 Å². The molecule has 0 N–H and O–H groups in total. The van der Waals surface area contributed by atoms with E-state index in [1.54, 1.807) is 6.07 Å². The van der Waals surface area contributed by atoms with Gasteiger partial charge in [-0.1, -0.05) is 13.0 Å². The first kappa shape index (κ1) is 11.4. The largest absolute Gasteiger partial charge is 0.294 e. The maximum absolute atomic E-state index is 11.9. The Labute approximate surface area is 99.7 Å². The van der Waals surface area contributed by atoms with E-state index in [0.29, 0.717) is 12.0 Å². The Morgan fingerprint density at radius 1 is 1.18 bits per heavy atom. The minimum absolute atomic E-state index is 0.0108. The molecule has 4 nitrogen and oxygen atoms in total. The molecule has 0 radical (unpaired) electrons. The zero-order valence-corrected chi connectivity index (χ0v) is 9.63. The third-order valence-corrected chi connectivity index (χ3v) is 2.54. The molecular formula is C13H13N3O. The van der Waals surface area contributed by atoms with Crippen LogP contribution in [-0.2, 0) is 12.8 Å². The first-order chi connectivity index (χ1) is 8.29. The lowest BCUT2D eigenvalue weighted by Gasteiger charge is -2.01. The predicted octanol–water partition coefficient (Wildman–Crippen LogP) is 1.86. The van der Waals surface area contributed by atoms with Crippen LogP contribution in [0.3, 0.4) is 0 Å². The van der Waals surface area contributed by atoms with Crippen molar-refractivity contribution in [3.05, 3.63) is 53.6 Å². The van der Waals surface area contributed by atoms with Crippen molar-refractivity contribution < 1.29 is 4.79 Å². The summed E-state index contributed by atoms with van der Waals surface area (Å²) in [6, 6.07) is 5.56. The van der Waals surface area contributed by atoms with Gasteiger partial charge in [-0.2, -0.15) is 10.2 Å². The normalized spacial score (nSPS) is 10.2. The Kier molecular flexibility index (Phi) is 3.55. The summed E-state index contributed by atoms with van der Waals surface area (Å²) in [5.74, 6) is 0.0108. The second kappa shape index (κ2) is 5.30. The van der Waals surface area contributed by atoms with Crippen LogP contribution in [0.1, 0.15) is 28.5 Å². The summed E-state index contributed by atoms with van der Waals surface area (Å²) in [6.07, 6.45) is 6.06. The summed E-state index contributed by atoms with van der Waals surface area (Å²) in [6.45, 7) is 2.07.